The van der Waals surface area contributed by atoms with Crippen molar-refractivity contribution in [3.05, 3.63) is 17.8 Å². The first-order valence-electron chi connectivity index (χ1n) is 6.09. The maximum absolute atomic E-state index is 11.9. The first-order chi connectivity index (χ1) is 9.00. The maximum atomic E-state index is 11.9. The lowest BCUT2D eigenvalue weighted by atomic mass is 10.2. The van der Waals surface area contributed by atoms with Crippen LogP contribution in [-0.4, -0.2) is 48.6 Å². The number of anilines is 1. The topological polar surface area (TPSA) is 101 Å². The van der Waals surface area contributed by atoms with Crippen LogP contribution in [-0.2, 0) is 9.84 Å². The van der Waals surface area contributed by atoms with Crippen LogP contribution in [0.5, 0.6) is 0 Å². The van der Waals surface area contributed by atoms with Gasteiger partial charge in [0.2, 0.25) is 0 Å². The van der Waals surface area contributed by atoms with Crippen molar-refractivity contribution >= 4 is 21.6 Å². The van der Waals surface area contributed by atoms with Gasteiger partial charge in [-0.25, -0.2) is 8.42 Å². The lowest BCUT2D eigenvalue weighted by Crippen LogP contribution is -2.36. The summed E-state index contributed by atoms with van der Waals surface area (Å²) in [5.74, 6) is 0.338. The van der Waals surface area contributed by atoms with Crippen LogP contribution in [0.15, 0.2) is 12.1 Å². The Morgan fingerprint density at radius 2 is 2.21 bits per heavy atom. The standard InChI is InChI=1S/C11H16N4O3S/c1-2-12-10-4-3-9(14-15-10)11(16)13-8-5-6-19(17,18)7-8/h3-4,8H,2,5-7H2,1H3,(H,12,15)(H,13,16). The number of carbonyl (C=O) groups is 1. The Morgan fingerprint density at radius 3 is 2.74 bits per heavy atom. The van der Waals surface area contributed by atoms with Gasteiger partial charge in [-0.2, -0.15) is 0 Å². The van der Waals surface area contributed by atoms with Gasteiger partial charge >= 0.3 is 0 Å². The molecule has 1 aromatic heterocycles. The lowest BCUT2D eigenvalue weighted by Gasteiger charge is -2.10. The van der Waals surface area contributed by atoms with E-state index < -0.39 is 15.7 Å². The Hall–Kier alpha value is -1.70. The highest BCUT2D eigenvalue weighted by Gasteiger charge is 2.29. The van der Waals surface area contributed by atoms with Crippen LogP contribution in [0.25, 0.3) is 0 Å². The van der Waals surface area contributed by atoms with Crippen molar-refractivity contribution in [2.45, 2.75) is 19.4 Å². The maximum Gasteiger partial charge on any atom is 0.272 e. The smallest absolute Gasteiger partial charge is 0.272 e. The molecule has 1 aliphatic rings. The zero-order chi connectivity index (χ0) is 13.9. The number of nitrogens with zero attached hydrogens (tertiary/aromatic N) is 2. The summed E-state index contributed by atoms with van der Waals surface area (Å²) < 4.78 is 22.6. The molecule has 1 aromatic rings. The minimum atomic E-state index is -3.00. The highest BCUT2D eigenvalue weighted by Crippen LogP contribution is 2.12. The molecule has 1 atom stereocenters. The zero-order valence-electron chi connectivity index (χ0n) is 10.6. The molecule has 7 nitrogen and oxygen atoms in total. The molecule has 1 amide bonds. The van der Waals surface area contributed by atoms with Gasteiger partial charge in [-0.3, -0.25) is 4.79 Å². The number of hydrogen-bond acceptors (Lipinski definition) is 6. The van der Waals surface area contributed by atoms with Crippen LogP contribution >= 0.6 is 0 Å². The van der Waals surface area contributed by atoms with Crippen molar-refractivity contribution in [2.75, 3.05) is 23.4 Å². The van der Waals surface area contributed by atoms with Crippen LogP contribution in [0.2, 0.25) is 0 Å². The predicted molar refractivity (Wildman–Crippen MR) is 70.7 cm³/mol. The summed E-state index contributed by atoms with van der Waals surface area (Å²) in [7, 11) is -3.00. The molecule has 2 rings (SSSR count). The number of hydrogen-bond donors (Lipinski definition) is 2. The summed E-state index contributed by atoms with van der Waals surface area (Å²) in [6.07, 6.45) is 0.455. The Bertz CT molecular complexity index is 556. The average molecular weight is 284 g/mol. The van der Waals surface area contributed by atoms with Gasteiger partial charge in [0.1, 0.15) is 5.82 Å². The van der Waals surface area contributed by atoms with Crippen molar-refractivity contribution in [3.8, 4) is 0 Å². The molecule has 1 saturated heterocycles. The molecule has 0 aliphatic carbocycles. The second-order valence-corrected chi connectivity index (χ2v) is 6.64. The van der Waals surface area contributed by atoms with Crippen LogP contribution < -0.4 is 10.6 Å². The van der Waals surface area contributed by atoms with Crippen LogP contribution in [0.4, 0.5) is 5.82 Å². The minimum Gasteiger partial charge on any atom is -0.369 e. The highest BCUT2D eigenvalue weighted by atomic mass is 32.2. The molecule has 0 radical (unpaired) electrons. The van der Waals surface area contributed by atoms with E-state index in [9.17, 15) is 13.2 Å². The first-order valence-corrected chi connectivity index (χ1v) is 7.91. The SMILES string of the molecule is CCNc1ccc(C(=O)NC2CCS(=O)(=O)C2)nn1. The number of amides is 1. The molecule has 1 fully saturated rings. The van der Waals surface area contributed by atoms with Gasteiger partial charge in [0.15, 0.2) is 15.5 Å². The monoisotopic (exact) mass is 284 g/mol. The van der Waals surface area contributed by atoms with Crippen LogP contribution in [0, 0.1) is 0 Å². The van der Waals surface area contributed by atoms with Gasteiger partial charge in [-0.05, 0) is 25.5 Å². The molecule has 0 aromatic carbocycles. The largest absolute Gasteiger partial charge is 0.369 e. The van der Waals surface area contributed by atoms with Gasteiger partial charge in [-0.15, -0.1) is 10.2 Å². The van der Waals surface area contributed by atoms with E-state index in [0.29, 0.717) is 12.2 Å². The molecule has 0 saturated carbocycles. The molecule has 2 N–H and O–H groups in total. The third kappa shape index (κ3) is 3.63. The lowest BCUT2D eigenvalue weighted by molar-refractivity contribution is 0.0935. The van der Waals surface area contributed by atoms with Crippen molar-refractivity contribution in [1.82, 2.24) is 15.5 Å². The Balaban J connectivity index is 1.96. The number of carbonyl (C=O) groups excluding carboxylic acids is 1. The van der Waals surface area contributed by atoms with Gasteiger partial charge in [0.25, 0.3) is 5.91 Å². The van der Waals surface area contributed by atoms with E-state index in [4.69, 9.17) is 0 Å². The average Bonchev–Trinajstić information content (AvgIpc) is 2.70. The third-order valence-corrected chi connectivity index (χ3v) is 4.59. The number of nitrogens with one attached hydrogen (secondary N) is 2. The van der Waals surface area contributed by atoms with E-state index in [1.807, 2.05) is 6.92 Å². The molecule has 1 aliphatic heterocycles. The molecular formula is C11H16N4O3S. The summed E-state index contributed by atoms with van der Waals surface area (Å²) >= 11 is 0. The van der Waals surface area contributed by atoms with E-state index in [2.05, 4.69) is 20.8 Å². The number of aromatic nitrogens is 2. The van der Waals surface area contributed by atoms with E-state index in [0.717, 1.165) is 6.54 Å². The fraction of sp³-hybridized carbons (Fsp3) is 0.545. The summed E-state index contributed by atoms with van der Waals surface area (Å²) in [5, 5.41) is 13.3. The van der Waals surface area contributed by atoms with Crippen molar-refractivity contribution in [3.63, 3.8) is 0 Å². The quantitative estimate of drug-likeness (QED) is 0.795. The predicted octanol–water partition coefficient (Wildman–Crippen LogP) is -0.175. The molecule has 0 spiro atoms. The molecule has 2 heterocycles. The van der Waals surface area contributed by atoms with E-state index >= 15 is 0 Å². The number of sulfone groups is 1. The summed E-state index contributed by atoms with van der Waals surface area (Å²) in [6, 6.07) is 2.90. The second kappa shape index (κ2) is 5.52. The molecule has 19 heavy (non-hydrogen) atoms. The second-order valence-electron chi connectivity index (χ2n) is 4.41. The van der Waals surface area contributed by atoms with Gasteiger partial charge in [0, 0.05) is 12.6 Å². The Morgan fingerprint density at radius 1 is 1.42 bits per heavy atom. The van der Waals surface area contributed by atoms with E-state index in [-0.39, 0.29) is 23.2 Å². The first kappa shape index (κ1) is 13.7. The normalized spacial score (nSPS) is 21.0. The van der Waals surface area contributed by atoms with Crippen molar-refractivity contribution in [2.24, 2.45) is 0 Å². The van der Waals surface area contributed by atoms with Crippen LogP contribution in [0.3, 0.4) is 0 Å². The van der Waals surface area contributed by atoms with Crippen molar-refractivity contribution < 1.29 is 13.2 Å². The summed E-state index contributed by atoms with van der Waals surface area (Å²) in [5.41, 5.74) is 0.186. The van der Waals surface area contributed by atoms with Gasteiger partial charge in [0.05, 0.1) is 11.5 Å². The van der Waals surface area contributed by atoms with E-state index in [1.165, 1.54) is 0 Å². The summed E-state index contributed by atoms with van der Waals surface area (Å²) in [4.78, 5) is 11.9. The fourth-order valence-corrected chi connectivity index (χ4v) is 3.57. The summed E-state index contributed by atoms with van der Waals surface area (Å²) in [6.45, 7) is 2.66. The molecule has 1 unspecified atom stereocenters. The van der Waals surface area contributed by atoms with E-state index in [1.54, 1.807) is 12.1 Å². The Labute approximate surface area is 111 Å². The molecule has 104 valence electrons. The molecule has 8 heteroatoms. The van der Waals surface area contributed by atoms with Crippen molar-refractivity contribution in [1.29, 1.82) is 0 Å². The van der Waals surface area contributed by atoms with Gasteiger partial charge < -0.3 is 10.6 Å². The molecular weight excluding hydrogens is 268 g/mol. The Kier molecular flexibility index (Phi) is 3.98. The van der Waals surface area contributed by atoms with Crippen LogP contribution in [0.1, 0.15) is 23.8 Å². The highest BCUT2D eigenvalue weighted by molar-refractivity contribution is 7.91. The third-order valence-electron chi connectivity index (χ3n) is 2.82. The number of rotatable bonds is 4. The molecule has 0 bridgehead atoms. The van der Waals surface area contributed by atoms with Gasteiger partial charge in [-0.1, -0.05) is 0 Å². The fourth-order valence-electron chi connectivity index (χ4n) is 1.90. The zero-order valence-corrected chi connectivity index (χ0v) is 11.4. The minimum absolute atomic E-state index is 0.00163.